The van der Waals surface area contributed by atoms with Crippen LogP contribution in [0.25, 0.3) is 0 Å². The van der Waals surface area contributed by atoms with Crippen molar-refractivity contribution in [2.75, 3.05) is 6.61 Å². The first-order chi connectivity index (χ1) is 7.34. The van der Waals surface area contributed by atoms with Crippen LogP contribution in [0.4, 0.5) is 0 Å². The molecule has 2 heterocycles. The zero-order chi connectivity index (χ0) is 10.3. The first-order valence-electron chi connectivity index (χ1n) is 5.47. The number of ether oxygens (including phenoxy) is 1. The van der Waals surface area contributed by atoms with Crippen molar-refractivity contribution < 1.29 is 9.84 Å². The van der Waals surface area contributed by atoms with Crippen molar-refractivity contribution in [1.82, 2.24) is 0 Å². The molecule has 1 aromatic heterocycles. The fourth-order valence-electron chi connectivity index (χ4n) is 2.25. The molecule has 0 saturated heterocycles. The van der Waals surface area contributed by atoms with E-state index in [-0.39, 0.29) is 0 Å². The van der Waals surface area contributed by atoms with Gasteiger partial charge in [-0.25, -0.2) is 0 Å². The van der Waals surface area contributed by atoms with Crippen LogP contribution in [0.2, 0.25) is 0 Å². The normalized spacial score (nSPS) is 21.0. The third-order valence-corrected chi connectivity index (χ3v) is 4.33. The van der Waals surface area contributed by atoms with Crippen molar-refractivity contribution in [3.63, 3.8) is 0 Å². The summed E-state index contributed by atoms with van der Waals surface area (Å²) in [4.78, 5) is 2.51. The summed E-state index contributed by atoms with van der Waals surface area (Å²) in [7, 11) is 0. The van der Waals surface area contributed by atoms with Crippen LogP contribution in [0.15, 0.2) is 17.9 Å². The zero-order valence-electron chi connectivity index (χ0n) is 8.53. The van der Waals surface area contributed by atoms with Crippen LogP contribution in [0, 0.1) is 0 Å². The molecule has 0 bridgehead atoms. The second-order valence-electron chi connectivity index (χ2n) is 4.10. The lowest BCUT2D eigenvalue weighted by atomic mass is 10.2. The molecule has 15 heavy (non-hydrogen) atoms. The van der Waals surface area contributed by atoms with Gasteiger partial charge in [-0.3, -0.25) is 0 Å². The highest BCUT2D eigenvalue weighted by Crippen LogP contribution is 2.37. The average Bonchev–Trinajstić information content (AvgIpc) is 2.92. The Morgan fingerprint density at radius 3 is 3.07 bits per heavy atom. The van der Waals surface area contributed by atoms with Gasteiger partial charge in [0.2, 0.25) is 0 Å². The van der Waals surface area contributed by atoms with Crippen molar-refractivity contribution in [2.24, 2.45) is 0 Å². The largest absolute Gasteiger partial charge is 0.495 e. The molecule has 80 valence electrons. The van der Waals surface area contributed by atoms with Gasteiger partial charge in [0.1, 0.15) is 11.9 Å². The second kappa shape index (κ2) is 3.65. The fraction of sp³-hybridized carbons (Fsp3) is 0.500. The van der Waals surface area contributed by atoms with E-state index in [1.54, 1.807) is 11.3 Å². The Morgan fingerprint density at radius 1 is 1.40 bits per heavy atom. The number of thiophene rings is 1. The number of aliphatic hydroxyl groups is 1. The van der Waals surface area contributed by atoms with Gasteiger partial charge in [-0.2, -0.15) is 0 Å². The maximum atomic E-state index is 10.1. The minimum absolute atomic E-state index is 0.525. The minimum atomic E-state index is -0.525. The van der Waals surface area contributed by atoms with E-state index in [2.05, 4.69) is 6.07 Å². The fourth-order valence-corrected chi connectivity index (χ4v) is 3.51. The molecule has 1 aliphatic heterocycles. The maximum Gasteiger partial charge on any atom is 0.145 e. The van der Waals surface area contributed by atoms with Gasteiger partial charge in [0, 0.05) is 16.2 Å². The minimum Gasteiger partial charge on any atom is -0.495 e. The van der Waals surface area contributed by atoms with Gasteiger partial charge < -0.3 is 9.84 Å². The predicted molar refractivity (Wildman–Crippen MR) is 60.0 cm³/mol. The molecule has 0 saturated carbocycles. The molecule has 2 aliphatic rings. The van der Waals surface area contributed by atoms with E-state index < -0.39 is 6.10 Å². The monoisotopic (exact) mass is 222 g/mol. The Hall–Kier alpha value is -0.800. The summed E-state index contributed by atoms with van der Waals surface area (Å²) in [6.07, 6.45) is 6.04. The Balaban J connectivity index is 1.86. The van der Waals surface area contributed by atoms with Crippen LogP contribution < -0.4 is 0 Å². The van der Waals surface area contributed by atoms with Gasteiger partial charge >= 0.3 is 0 Å². The maximum absolute atomic E-state index is 10.1. The highest BCUT2D eigenvalue weighted by molar-refractivity contribution is 7.12. The highest BCUT2D eigenvalue weighted by Gasteiger charge is 2.23. The molecule has 0 spiro atoms. The molecule has 0 radical (unpaired) electrons. The zero-order valence-corrected chi connectivity index (χ0v) is 9.35. The van der Waals surface area contributed by atoms with Crippen LogP contribution in [0.1, 0.15) is 34.3 Å². The summed E-state index contributed by atoms with van der Waals surface area (Å²) >= 11 is 1.75. The topological polar surface area (TPSA) is 29.5 Å². The standard InChI is InChI=1S/C12H14O2S/c13-12(9-4-2-6-14-9)11-7-8-3-1-5-10(8)15-11/h4,7,12-13H,1-3,5-6H2. The van der Waals surface area contributed by atoms with E-state index >= 15 is 0 Å². The van der Waals surface area contributed by atoms with E-state index in [0.717, 1.165) is 23.7 Å². The number of fused-ring (bicyclic) bond motifs is 1. The van der Waals surface area contributed by atoms with Crippen molar-refractivity contribution in [1.29, 1.82) is 0 Å². The van der Waals surface area contributed by atoms with Gasteiger partial charge in [-0.1, -0.05) is 0 Å². The quantitative estimate of drug-likeness (QED) is 0.833. The van der Waals surface area contributed by atoms with E-state index in [1.165, 1.54) is 29.7 Å². The van der Waals surface area contributed by atoms with Gasteiger partial charge in [0.25, 0.3) is 0 Å². The van der Waals surface area contributed by atoms with Crippen LogP contribution >= 0.6 is 11.3 Å². The molecule has 1 aromatic rings. The van der Waals surface area contributed by atoms with Crippen molar-refractivity contribution in [3.05, 3.63) is 33.2 Å². The van der Waals surface area contributed by atoms with Gasteiger partial charge in [-0.05, 0) is 37.0 Å². The lowest BCUT2D eigenvalue weighted by Crippen LogP contribution is -1.99. The molecular weight excluding hydrogens is 208 g/mol. The lowest BCUT2D eigenvalue weighted by Gasteiger charge is -2.09. The van der Waals surface area contributed by atoms with Crippen LogP contribution in [0.5, 0.6) is 0 Å². The third kappa shape index (κ3) is 1.60. The summed E-state index contributed by atoms with van der Waals surface area (Å²) in [5.74, 6) is 0.745. The molecule has 1 aliphatic carbocycles. The van der Waals surface area contributed by atoms with Crippen molar-refractivity contribution in [2.45, 2.75) is 31.8 Å². The summed E-state index contributed by atoms with van der Waals surface area (Å²) in [6.45, 7) is 0.720. The van der Waals surface area contributed by atoms with E-state index in [4.69, 9.17) is 4.74 Å². The molecule has 2 nitrogen and oxygen atoms in total. The van der Waals surface area contributed by atoms with E-state index in [0.29, 0.717) is 0 Å². The third-order valence-electron chi connectivity index (χ3n) is 3.04. The highest BCUT2D eigenvalue weighted by atomic mass is 32.1. The Bertz CT molecular complexity index is 384. The molecule has 1 N–H and O–H groups in total. The molecule has 1 atom stereocenters. The van der Waals surface area contributed by atoms with E-state index in [9.17, 15) is 5.11 Å². The number of rotatable bonds is 2. The Kier molecular flexibility index (Phi) is 2.29. The van der Waals surface area contributed by atoms with Crippen molar-refractivity contribution >= 4 is 11.3 Å². The van der Waals surface area contributed by atoms with Gasteiger partial charge in [0.15, 0.2) is 0 Å². The molecule has 0 aromatic carbocycles. The smallest absolute Gasteiger partial charge is 0.145 e. The first kappa shape index (κ1) is 9.43. The van der Waals surface area contributed by atoms with Crippen LogP contribution in [-0.2, 0) is 17.6 Å². The Labute approximate surface area is 93.2 Å². The summed E-state index contributed by atoms with van der Waals surface area (Å²) in [5.41, 5.74) is 1.44. The second-order valence-corrected chi connectivity index (χ2v) is 5.27. The average molecular weight is 222 g/mol. The summed E-state index contributed by atoms with van der Waals surface area (Å²) < 4.78 is 5.39. The number of aryl methyl sites for hydroxylation is 2. The summed E-state index contributed by atoms with van der Waals surface area (Å²) in [5, 5.41) is 10.1. The molecule has 0 fully saturated rings. The first-order valence-corrected chi connectivity index (χ1v) is 6.28. The van der Waals surface area contributed by atoms with Crippen LogP contribution in [-0.4, -0.2) is 11.7 Å². The summed E-state index contributed by atoms with van der Waals surface area (Å²) in [6, 6.07) is 2.15. The number of aliphatic hydroxyl groups excluding tert-OH is 1. The van der Waals surface area contributed by atoms with E-state index in [1.807, 2.05) is 6.08 Å². The van der Waals surface area contributed by atoms with Gasteiger partial charge in [-0.15, -0.1) is 11.3 Å². The Morgan fingerprint density at radius 2 is 2.33 bits per heavy atom. The molecule has 1 unspecified atom stereocenters. The molecular formula is C12H14O2S. The SMILES string of the molecule is OC(C1=CCCO1)c1cc2c(s1)CCC2. The van der Waals surface area contributed by atoms with Crippen molar-refractivity contribution in [3.8, 4) is 0 Å². The predicted octanol–water partition coefficient (Wildman–Crippen LogP) is 2.57. The molecule has 3 rings (SSSR count). The number of hydrogen-bond acceptors (Lipinski definition) is 3. The molecule has 0 amide bonds. The number of hydrogen-bond donors (Lipinski definition) is 1. The lowest BCUT2D eigenvalue weighted by molar-refractivity contribution is 0.121. The van der Waals surface area contributed by atoms with Gasteiger partial charge in [0.05, 0.1) is 6.61 Å². The molecule has 3 heteroatoms. The van der Waals surface area contributed by atoms with Crippen LogP contribution in [0.3, 0.4) is 0 Å².